The lowest BCUT2D eigenvalue weighted by Gasteiger charge is -2.34. The Kier molecular flexibility index (Phi) is 6.95. The Labute approximate surface area is 126 Å². The van der Waals surface area contributed by atoms with E-state index in [1.54, 1.807) is 4.90 Å². The van der Waals surface area contributed by atoms with Crippen LogP contribution in [0.2, 0.25) is 0 Å². The van der Waals surface area contributed by atoms with E-state index < -0.39 is 12.1 Å². The fraction of sp³-hybridized carbons (Fsp3) is 0.867. The maximum absolute atomic E-state index is 12.1. The quantitative estimate of drug-likeness (QED) is 0.694. The van der Waals surface area contributed by atoms with Crippen LogP contribution in [-0.2, 0) is 4.79 Å². The Bertz CT molecular complexity index is 360. The van der Waals surface area contributed by atoms with Crippen molar-refractivity contribution in [3.05, 3.63) is 0 Å². The lowest BCUT2D eigenvalue weighted by molar-refractivity contribution is -0.138. The topological polar surface area (TPSA) is 89.9 Å². The van der Waals surface area contributed by atoms with Crippen LogP contribution >= 0.6 is 0 Å². The number of carboxylic acids is 1. The second-order valence-electron chi connectivity index (χ2n) is 6.56. The van der Waals surface area contributed by atoms with Crippen molar-refractivity contribution < 1.29 is 19.8 Å². The molecule has 0 radical (unpaired) electrons. The molecule has 1 fully saturated rings. The molecular formula is C15H28N2O4. The zero-order chi connectivity index (χ0) is 16.0. The van der Waals surface area contributed by atoms with Crippen LogP contribution in [0, 0.1) is 17.8 Å². The predicted octanol–water partition coefficient (Wildman–Crippen LogP) is 1.54. The molecular weight excluding hydrogens is 272 g/mol. The van der Waals surface area contributed by atoms with Crippen LogP contribution in [0.4, 0.5) is 4.79 Å². The number of carboxylic acid groups (broad SMARTS) is 1. The van der Waals surface area contributed by atoms with Gasteiger partial charge >= 0.3 is 12.0 Å². The van der Waals surface area contributed by atoms with Crippen molar-refractivity contribution in [1.82, 2.24) is 10.2 Å². The summed E-state index contributed by atoms with van der Waals surface area (Å²) in [5.41, 5.74) is 0. The average molecular weight is 300 g/mol. The molecule has 0 aromatic carbocycles. The molecule has 3 N–H and O–H groups in total. The second kappa shape index (κ2) is 8.22. The highest BCUT2D eigenvalue weighted by atomic mass is 16.4. The summed E-state index contributed by atoms with van der Waals surface area (Å²) in [7, 11) is 0. The van der Waals surface area contributed by atoms with Gasteiger partial charge in [-0.3, -0.25) is 4.79 Å². The molecule has 1 saturated heterocycles. The van der Waals surface area contributed by atoms with Crippen LogP contribution in [-0.4, -0.2) is 52.9 Å². The van der Waals surface area contributed by atoms with Crippen LogP contribution < -0.4 is 5.32 Å². The molecule has 122 valence electrons. The van der Waals surface area contributed by atoms with E-state index in [-0.39, 0.29) is 24.3 Å². The molecule has 0 aromatic heterocycles. The van der Waals surface area contributed by atoms with Gasteiger partial charge in [0.05, 0.1) is 6.10 Å². The number of aliphatic hydroxyl groups excluding tert-OH is 1. The fourth-order valence-corrected chi connectivity index (χ4v) is 2.73. The first-order chi connectivity index (χ1) is 9.79. The summed E-state index contributed by atoms with van der Waals surface area (Å²) in [4.78, 5) is 24.6. The molecule has 6 heteroatoms. The molecule has 6 nitrogen and oxygen atoms in total. The monoisotopic (exact) mass is 300 g/mol. The standard InChI is InChI=1S/C15H28N2O4/c1-10(2)6-12(7-14(19)20)8-16-15(21)17-5-4-11(3)13(18)9-17/h10-13,18H,4-9H2,1-3H3,(H,16,21)(H,19,20). The number of nitrogens with one attached hydrogen (secondary N) is 1. The van der Waals surface area contributed by atoms with Crippen molar-refractivity contribution in [2.75, 3.05) is 19.6 Å². The Morgan fingerprint density at radius 3 is 2.57 bits per heavy atom. The number of carbonyl (C=O) groups excluding carboxylic acids is 1. The molecule has 1 aliphatic rings. The van der Waals surface area contributed by atoms with Gasteiger partial charge in [-0.1, -0.05) is 20.8 Å². The van der Waals surface area contributed by atoms with Crippen LogP contribution in [0.1, 0.15) is 40.0 Å². The van der Waals surface area contributed by atoms with E-state index in [9.17, 15) is 14.7 Å². The highest BCUT2D eigenvalue weighted by Crippen LogP contribution is 2.18. The molecule has 0 aromatic rings. The Hall–Kier alpha value is -1.30. The number of hydrogen-bond donors (Lipinski definition) is 3. The zero-order valence-electron chi connectivity index (χ0n) is 13.2. The third-order valence-corrected chi connectivity index (χ3v) is 4.02. The van der Waals surface area contributed by atoms with Crippen molar-refractivity contribution >= 4 is 12.0 Å². The molecule has 0 aliphatic carbocycles. The predicted molar refractivity (Wildman–Crippen MR) is 80.0 cm³/mol. The van der Waals surface area contributed by atoms with Gasteiger partial charge < -0.3 is 20.4 Å². The highest BCUT2D eigenvalue weighted by molar-refractivity contribution is 5.74. The first-order valence-electron chi connectivity index (χ1n) is 7.72. The van der Waals surface area contributed by atoms with E-state index in [0.29, 0.717) is 25.6 Å². The van der Waals surface area contributed by atoms with Crippen LogP contribution in [0.25, 0.3) is 0 Å². The van der Waals surface area contributed by atoms with Gasteiger partial charge in [0.15, 0.2) is 0 Å². The summed E-state index contributed by atoms with van der Waals surface area (Å²) in [5.74, 6) is -0.282. The first kappa shape index (κ1) is 17.8. The average Bonchev–Trinajstić information content (AvgIpc) is 2.37. The number of carbonyl (C=O) groups is 2. The number of β-amino-alcohol motifs (C(OH)–C–C–N with tert-alkyl or cyclic N) is 1. The summed E-state index contributed by atoms with van der Waals surface area (Å²) in [6.07, 6.45) is 1.15. The van der Waals surface area contributed by atoms with Gasteiger partial charge in [0.25, 0.3) is 0 Å². The van der Waals surface area contributed by atoms with Crippen LogP contribution in [0.3, 0.4) is 0 Å². The largest absolute Gasteiger partial charge is 0.481 e. The van der Waals surface area contributed by atoms with E-state index >= 15 is 0 Å². The minimum absolute atomic E-state index is 0.0555. The molecule has 1 rings (SSSR count). The molecule has 1 aliphatic heterocycles. The third kappa shape index (κ3) is 6.33. The molecule has 3 unspecified atom stereocenters. The van der Waals surface area contributed by atoms with Gasteiger partial charge in [0.2, 0.25) is 0 Å². The fourth-order valence-electron chi connectivity index (χ4n) is 2.73. The van der Waals surface area contributed by atoms with E-state index in [2.05, 4.69) is 5.32 Å². The smallest absolute Gasteiger partial charge is 0.317 e. The zero-order valence-corrected chi connectivity index (χ0v) is 13.2. The number of nitrogens with zero attached hydrogens (tertiary/aromatic N) is 1. The van der Waals surface area contributed by atoms with Crippen molar-refractivity contribution in [2.24, 2.45) is 17.8 Å². The first-order valence-corrected chi connectivity index (χ1v) is 7.72. The van der Waals surface area contributed by atoms with Gasteiger partial charge in [0.1, 0.15) is 0 Å². The SMILES string of the molecule is CC(C)CC(CNC(=O)N1CCC(C)C(O)C1)CC(=O)O. The number of urea groups is 1. The Balaban J connectivity index is 2.43. The lowest BCUT2D eigenvalue weighted by Crippen LogP contribution is -2.50. The van der Waals surface area contributed by atoms with Gasteiger partial charge in [-0.05, 0) is 30.6 Å². The maximum atomic E-state index is 12.1. The van der Waals surface area contributed by atoms with Crippen molar-refractivity contribution in [3.8, 4) is 0 Å². The number of piperidine rings is 1. The summed E-state index contributed by atoms with van der Waals surface area (Å²) < 4.78 is 0. The molecule has 0 saturated carbocycles. The van der Waals surface area contributed by atoms with E-state index in [1.807, 2.05) is 20.8 Å². The lowest BCUT2D eigenvalue weighted by atomic mass is 9.94. The number of aliphatic hydroxyl groups is 1. The van der Waals surface area contributed by atoms with E-state index in [0.717, 1.165) is 12.8 Å². The third-order valence-electron chi connectivity index (χ3n) is 4.02. The summed E-state index contributed by atoms with van der Waals surface area (Å²) in [6.45, 7) is 7.41. The number of hydrogen-bond acceptors (Lipinski definition) is 3. The number of rotatable bonds is 6. The minimum atomic E-state index is -0.836. The van der Waals surface area contributed by atoms with Gasteiger partial charge in [-0.2, -0.15) is 0 Å². The molecule has 21 heavy (non-hydrogen) atoms. The van der Waals surface area contributed by atoms with Crippen molar-refractivity contribution in [3.63, 3.8) is 0 Å². The second-order valence-corrected chi connectivity index (χ2v) is 6.56. The summed E-state index contributed by atoms with van der Waals surface area (Å²) in [6, 6.07) is -0.208. The number of amides is 2. The molecule has 1 heterocycles. The summed E-state index contributed by atoms with van der Waals surface area (Å²) >= 11 is 0. The Morgan fingerprint density at radius 2 is 2.05 bits per heavy atom. The van der Waals surface area contributed by atoms with Crippen LogP contribution in [0.15, 0.2) is 0 Å². The summed E-state index contributed by atoms with van der Waals surface area (Å²) in [5, 5.41) is 21.5. The Morgan fingerprint density at radius 1 is 1.38 bits per heavy atom. The van der Waals surface area contributed by atoms with Gasteiger partial charge in [-0.15, -0.1) is 0 Å². The van der Waals surface area contributed by atoms with Gasteiger partial charge in [-0.25, -0.2) is 4.79 Å². The molecule has 0 spiro atoms. The van der Waals surface area contributed by atoms with E-state index in [1.165, 1.54) is 0 Å². The van der Waals surface area contributed by atoms with Gasteiger partial charge in [0, 0.05) is 26.1 Å². The van der Waals surface area contributed by atoms with Crippen molar-refractivity contribution in [2.45, 2.75) is 46.1 Å². The maximum Gasteiger partial charge on any atom is 0.317 e. The normalized spacial score (nSPS) is 24.0. The molecule has 3 atom stereocenters. The highest BCUT2D eigenvalue weighted by Gasteiger charge is 2.27. The molecule has 2 amide bonds. The number of likely N-dealkylation sites (tertiary alicyclic amines) is 1. The molecule has 0 bridgehead atoms. The van der Waals surface area contributed by atoms with Crippen molar-refractivity contribution in [1.29, 1.82) is 0 Å². The minimum Gasteiger partial charge on any atom is -0.481 e. The van der Waals surface area contributed by atoms with E-state index in [4.69, 9.17) is 5.11 Å². The van der Waals surface area contributed by atoms with Crippen LogP contribution in [0.5, 0.6) is 0 Å². The number of aliphatic carboxylic acids is 1.